The van der Waals surface area contributed by atoms with Gasteiger partial charge in [0, 0.05) is 19.2 Å². The molecule has 9 heteroatoms. The van der Waals surface area contributed by atoms with Gasteiger partial charge in [-0.15, -0.1) is 0 Å². The van der Waals surface area contributed by atoms with Crippen LogP contribution in [0.15, 0.2) is 29.2 Å². The molecule has 0 aliphatic carbocycles. The summed E-state index contributed by atoms with van der Waals surface area (Å²) in [5.74, 6) is -0.244. The number of hydrogen-bond donors (Lipinski definition) is 2. The maximum absolute atomic E-state index is 11.9. The molecule has 1 rings (SSSR count). The molecule has 6 nitrogen and oxygen atoms in total. The predicted molar refractivity (Wildman–Crippen MR) is 81.8 cm³/mol. The molecule has 0 spiro atoms. The summed E-state index contributed by atoms with van der Waals surface area (Å²) in [6, 6.07) is 6.08. The monoisotopic (exact) mass is 336 g/mol. The van der Waals surface area contributed by atoms with Crippen molar-refractivity contribution in [2.45, 2.75) is 11.3 Å². The lowest BCUT2D eigenvalue weighted by molar-refractivity contribution is 0.582. The van der Waals surface area contributed by atoms with Crippen molar-refractivity contribution < 1.29 is 16.8 Å². The fraction of sp³-hybridized carbons (Fsp3) is 0.364. The highest BCUT2D eigenvalue weighted by molar-refractivity contribution is 7.91. The van der Waals surface area contributed by atoms with Crippen LogP contribution in [0.4, 0.5) is 0 Å². The summed E-state index contributed by atoms with van der Waals surface area (Å²) in [6.45, 7) is -0.157. The molecule has 0 fully saturated rings. The zero-order valence-corrected chi connectivity index (χ0v) is 13.3. The molecule has 0 amide bonds. The molecule has 0 saturated carbocycles. The van der Waals surface area contributed by atoms with Crippen molar-refractivity contribution in [3.05, 3.63) is 29.8 Å². The first kappa shape index (κ1) is 17.0. The van der Waals surface area contributed by atoms with Gasteiger partial charge in [0.2, 0.25) is 10.0 Å². The van der Waals surface area contributed by atoms with Gasteiger partial charge in [-0.05, 0) is 17.7 Å². The Morgan fingerprint density at radius 1 is 1.20 bits per heavy atom. The van der Waals surface area contributed by atoms with Crippen molar-refractivity contribution in [2.75, 3.05) is 18.6 Å². The van der Waals surface area contributed by atoms with Crippen LogP contribution in [0.25, 0.3) is 0 Å². The first-order valence-corrected chi connectivity index (χ1v) is 9.60. The van der Waals surface area contributed by atoms with E-state index >= 15 is 0 Å². The first-order valence-electron chi connectivity index (χ1n) is 5.65. The van der Waals surface area contributed by atoms with E-state index in [9.17, 15) is 16.8 Å². The lowest BCUT2D eigenvalue weighted by Gasteiger charge is -2.07. The van der Waals surface area contributed by atoms with Crippen LogP contribution in [-0.2, 0) is 26.3 Å². The van der Waals surface area contributed by atoms with E-state index in [0.717, 1.165) is 11.8 Å². The van der Waals surface area contributed by atoms with E-state index in [1.807, 2.05) is 0 Å². The molecule has 0 unspecified atom stereocenters. The number of nitrogens with one attached hydrogen (secondary N) is 1. The summed E-state index contributed by atoms with van der Waals surface area (Å²) in [6.07, 6.45) is 1.45. The Balaban J connectivity index is 2.75. The van der Waals surface area contributed by atoms with Gasteiger partial charge in [0.05, 0.1) is 15.6 Å². The van der Waals surface area contributed by atoms with Gasteiger partial charge in [0.25, 0.3) is 0 Å². The zero-order chi connectivity index (χ0) is 15.4. The van der Waals surface area contributed by atoms with Crippen molar-refractivity contribution in [1.29, 1.82) is 0 Å². The number of sulfone groups is 1. The maximum Gasteiger partial charge on any atom is 0.240 e. The number of nitrogens with two attached hydrogens (primary N) is 1. The minimum atomic E-state index is -3.71. The third-order valence-corrected chi connectivity index (χ3v) is 4.94. The molecule has 3 N–H and O–H groups in total. The first-order chi connectivity index (χ1) is 9.10. The third-order valence-electron chi connectivity index (χ3n) is 2.38. The van der Waals surface area contributed by atoms with Crippen molar-refractivity contribution in [3.8, 4) is 0 Å². The molecule has 1 aromatic carbocycles. The lowest BCUT2D eigenvalue weighted by atomic mass is 10.1. The molecule has 20 heavy (non-hydrogen) atoms. The largest absolute Gasteiger partial charge is 0.393 e. The molecule has 0 aliphatic heterocycles. The molecule has 0 bridgehead atoms. The summed E-state index contributed by atoms with van der Waals surface area (Å²) >= 11 is 4.77. The Morgan fingerprint density at radius 2 is 1.75 bits per heavy atom. The van der Waals surface area contributed by atoms with Crippen molar-refractivity contribution in [3.63, 3.8) is 0 Å². The number of benzene rings is 1. The molecular formula is C11H16N2O4S3. The van der Waals surface area contributed by atoms with Crippen molar-refractivity contribution in [2.24, 2.45) is 5.73 Å². The van der Waals surface area contributed by atoms with Gasteiger partial charge in [0.1, 0.15) is 9.84 Å². The van der Waals surface area contributed by atoms with Crippen molar-refractivity contribution in [1.82, 2.24) is 4.72 Å². The fourth-order valence-corrected chi connectivity index (χ4v) is 3.23. The van der Waals surface area contributed by atoms with Crippen LogP contribution in [0.5, 0.6) is 0 Å². The summed E-state index contributed by atoms with van der Waals surface area (Å²) in [5.41, 5.74) is 6.21. The Kier molecular flexibility index (Phi) is 5.63. The molecular weight excluding hydrogens is 320 g/mol. The van der Waals surface area contributed by atoms with Crippen molar-refractivity contribution >= 4 is 37.1 Å². The second-order valence-corrected chi connectivity index (χ2v) is 8.87. The molecule has 112 valence electrons. The van der Waals surface area contributed by atoms with Crippen LogP contribution in [-0.4, -0.2) is 40.4 Å². The Labute approximate surface area is 124 Å². The molecule has 1 aromatic rings. The summed E-state index contributed by atoms with van der Waals surface area (Å²) < 4.78 is 47.9. The zero-order valence-electron chi connectivity index (χ0n) is 10.9. The molecule has 0 radical (unpaired) electrons. The van der Waals surface area contributed by atoms with Gasteiger partial charge in [-0.2, -0.15) is 0 Å². The summed E-state index contributed by atoms with van der Waals surface area (Å²) in [4.78, 5) is 0.393. The number of rotatable bonds is 7. The predicted octanol–water partition coefficient (Wildman–Crippen LogP) is -0.162. The Bertz CT molecular complexity index is 679. The lowest BCUT2D eigenvalue weighted by Crippen LogP contribution is -2.28. The fourth-order valence-electron chi connectivity index (χ4n) is 1.43. The van der Waals surface area contributed by atoms with Gasteiger partial charge in [-0.25, -0.2) is 21.6 Å². The minimum Gasteiger partial charge on any atom is -0.393 e. The quantitative estimate of drug-likeness (QED) is 0.670. The highest BCUT2D eigenvalue weighted by atomic mass is 32.2. The number of sulfonamides is 1. The standard InChI is InChI=1S/C11H16N2O4S3/c1-19(14,15)7-6-13-20(16,17)10-4-2-9(3-5-10)8-11(12)18/h2-5,13H,6-8H2,1H3,(H2,12,18). The van der Waals surface area contributed by atoms with E-state index in [-0.39, 0.29) is 17.2 Å². The van der Waals surface area contributed by atoms with Crippen LogP contribution < -0.4 is 10.5 Å². The van der Waals surface area contributed by atoms with Crippen LogP contribution >= 0.6 is 12.2 Å². The van der Waals surface area contributed by atoms with E-state index < -0.39 is 19.9 Å². The smallest absolute Gasteiger partial charge is 0.240 e. The van der Waals surface area contributed by atoms with Crippen LogP contribution in [0.1, 0.15) is 5.56 Å². The summed E-state index contributed by atoms with van der Waals surface area (Å²) in [7, 11) is -6.91. The molecule has 0 aromatic heterocycles. The molecule has 0 heterocycles. The Morgan fingerprint density at radius 3 is 2.20 bits per heavy atom. The van der Waals surface area contributed by atoms with E-state index in [2.05, 4.69) is 4.72 Å². The average molecular weight is 336 g/mol. The van der Waals surface area contributed by atoms with E-state index in [4.69, 9.17) is 18.0 Å². The van der Waals surface area contributed by atoms with Gasteiger partial charge < -0.3 is 5.73 Å². The van der Waals surface area contributed by atoms with Crippen LogP contribution in [0, 0.1) is 0 Å². The molecule has 0 atom stereocenters. The van der Waals surface area contributed by atoms with Gasteiger partial charge in [0.15, 0.2) is 0 Å². The minimum absolute atomic E-state index is 0.0673. The van der Waals surface area contributed by atoms with E-state index in [1.54, 1.807) is 12.1 Å². The number of hydrogen-bond acceptors (Lipinski definition) is 5. The second kappa shape index (κ2) is 6.61. The normalized spacial score (nSPS) is 12.2. The second-order valence-electron chi connectivity index (χ2n) is 4.31. The average Bonchev–Trinajstić information content (AvgIpc) is 2.26. The van der Waals surface area contributed by atoms with Gasteiger partial charge in [-0.1, -0.05) is 24.4 Å². The highest BCUT2D eigenvalue weighted by Gasteiger charge is 2.14. The summed E-state index contributed by atoms with van der Waals surface area (Å²) in [5, 5.41) is 0. The van der Waals surface area contributed by atoms with E-state index in [0.29, 0.717) is 11.4 Å². The van der Waals surface area contributed by atoms with E-state index in [1.165, 1.54) is 12.1 Å². The van der Waals surface area contributed by atoms with Gasteiger partial charge >= 0.3 is 0 Å². The van der Waals surface area contributed by atoms with Crippen LogP contribution in [0.3, 0.4) is 0 Å². The topological polar surface area (TPSA) is 106 Å². The van der Waals surface area contributed by atoms with Gasteiger partial charge in [-0.3, -0.25) is 0 Å². The van der Waals surface area contributed by atoms with Crippen LogP contribution in [0.2, 0.25) is 0 Å². The SMILES string of the molecule is CS(=O)(=O)CCNS(=O)(=O)c1ccc(CC(N)=S)cc1. The number of thiocarbonyl (C=S) groups is 1. The molecule has 0 saturated heterocycles. The third kappa shape index (κ3) is 5.95. The highest BCUT2D eigenvalue weighted by Crippen LogP contribution is 2.11. The molecule has 0 aliphatic rings. The Hall–Kier alpha value is -1.03. The maximum atomic E-state index is 11.9.